The summed E-state index contributed by atoms with van der Waals surface area (Å²) in [6.45, 7) is 3.43. The first kappa shape index (κ1) is 33.0. The normalized spacial score (nSPS) is 13.9. The molecule has 0 fully saturated rings. The summed E-state index contributed by atoms with van der Waals surface area (Å²) in [6, 6.07) is -4.85. The Hall–Kier alpha value is -3.95. The maximum Gasteiger partial charge on any atom is 0.326 e. The molecule has 0 aliphatic rings. The lowest BCUT2D eigenvalue weighted by atomic mass is 10.0. The van der Waals surface area contributed by atoms with E-state index in [0.717, 1.165) is 0 Å². The van der Waals surface area contributed by atoms with Crippen LogP contribution >= 0.6 is 0 Å². The van der Waals surface area contributed by atoms with Crippen molar-refractivity contribution in [3.05, 3.63) is 0 Å². The molecule has 0 aromatic heterocycles. The Kier molecular flexibility index (Phi) is 14.9. The molecule has 16 heteroatoms. The van der Waals surface area contributed by atoms with Crippen molar-refractivity contribution in [2.75, 3.05) is 6.54 Å². The zero-order chi connectivity index (χ0) is 28.7. The van der Waals surface area contributed by atoms with Crippen molar-refractivity contribution < 1.29 is 33.9 Å². The van der Waals surface area contributed by atoms with Crippen molar-refractivity contribution in [1.29, 1.82) is 0 Å². The van der Waals surface area contributed by atoms with Gasteiger partial charge in [-0.15, -0.1) is 0 Å². The van der Waals surface area contributed by atoms with Crippen LogP contribution in [0.4, 0.5) is 0 Å². The summed E-state index contributed by atoms with van der Waals surface area (Å²) < 4.78 is 0. The standard InChI is InChI=1S/C21H39N9O7/c1-10(2)16(30-17(33)11(22)5-7-14(23)31)19(35)28-12(4-3-9-27-21(25)26)18(34)29-13(20(36)37)6-8-15(24)32/h10-13,16H,3-9,22H2,1-2H3,(H2,23,31)(H2,24,32)(H,28,35)(H,29,34)(H,30,33)(H,36,37)(H4,25,26,27). The van der Waals surface area contributed by atoms with Crippen LogP contribution < -0.4 is 44.6 Å². The van der Waals surface area contributed by atoms with Gasteiger partial charge in [0, 0.05) is 19.4 Å². The number of aliphatic imine (C=N–C) groups is 1. The molecule has 0 saturated heterocycles. The average Bonchev–Trinajstić information content (AvgIpc) is 2.79. The second kappa shape index (κ2) is 16.7. The summed E-state index contributed by atoms with van der Waals surface area (Å²) in [6.07, 6.45) is -0.411. The quantitative estimate of drug-likeness (QED) is 0.0472. The average molecular weight is 530 g/mol. The first-order valence-corrected chi connectivity index (χ1v) is 11.7. The molecular weight excluding hydrogens is 490 g/mol. The number of rotatable bonds is 18. The molecule has 16 nitrogen and oxygen atoms in total. The van der Waals surface area contributed by atoms with Crippen LogP contribution in [0.5, 0.6) is 0 Å². The lowest BCUT2D eigenvalue weighted by Gasteiger charge is -2.27. The molecule has 0 aliphatic heterocycles. The lowest BCUT2D eigenvalue weighted by molar-refractivity contribution is -0.142. The van der Waals surface area contributed by atoms with Gasteiger partial charge >= 0.3 is 5.97 Å². The van der Waals surface area contributed by atoms with E-state index in [4.69, 9.17) is 28.7 Å². The number of amides is 5. The number of aliphatic carboxylic acids is 1. The van der Waals surface area contributed by atoms with Gasteiger partial charge in [0.1, 0.15) is 18.1 Å². The number of carboxylic acid groups (broad SMARTS) is 1. The van der Waals surface area contributed by atoms with Crippen LogP contribution in [-0.4, -0.2) is 77.3 Å². The van der Waals surface area contributed by atoms with E-state index in [0.29, 0.717) is 0 Å². The van der Waals surface area contributed by atoms with Gasteiger partial charge in [-0.2, -0.15) is 0 Å². The third-order valence-corrected chi connectivity index (χ3v) is 5.16. The van der Waals surface area contributed by atoms with Gasteiger partial charge in [-0.3, -0.25) is 29.0 Å². The summed E-state index contributed by atoms with van der Waals surface area (Å²) in [4.78, 5) is 75.6. The molecular formula is C21H39N9O7. The Labute approximate surface area is 214 Å². The first-order chi connectivity index (χ1) is 17.1. The minimum Gasteiger partial charge on any atom is -0.480 e. The summed E-state index contributed by atoms with van der Waals surface area (Å²) >= 11 is 0. The number of primary amides is 2. The molecule has 5 amide bonds. The van der Waals surface area contributed by atoms with Crippen LogP contribution in [-0.2, 0) is 28.8 Å². The maximum absolute atomic E-state index is 13.0. The van der Waals surface area contributed by atoms with Gasteiger partial charge in [0.25, 0.3) is 0 Å². The van der Waals surface area contributed by atoms with Crippen LogP contribution in [0.25, 0.3) is 0 Å². The SMILES string of the molecule is CC(C)C(NC(=O)C(N)CCC(N)=O)C(=O)NC(CCCN=C(N)N)C(=O)NC(CCC(N)=O)C(=O)O. The van der Waals surface area contributed by atoms with E-state index in [1.165, 1.54) is 0 Å². The molecule has 0 spiro atoms. The van der Waals surface area contributed by atoms with Crippen molar-refractivity contribution >= 4 is 41.5 Å². The van der Waals surface area contributed by atoms with E-state index < -0.39 is 65.6 Å². The Bertz CT molecular complexity index is 859. The number of carbonyl (C=O) groups is 6. The number of carboxylic acids is 1. The Morgan fingerprint density at radius 1 is 0.757 bits per heavy atom. The molecule has 0 aliphatic carbocycles. The van der Waals surface area contributed by atoms with Gasteiger partial charge in [-0.25, -0.2) is 4.79 Å². The first-order valence-electron chi connectivity index (χ1n) is 11.7. The number of hydrogen-bond acceptors (Lipinski definition) is 8. The van der Waals surface area contributed by atoms with Crippen molar-refractivity contribution in [3.8, 4) is 0 Å². The third kappa shape index (κ3) is 14.3. The highest BCUT2D eigenvalue weighted by atomic mass is 16.4. The van der Waals surface area contributed by atoms with Crippen molar-refractivity contribution in [3.63, 3.8) is 0 Å². The molecule has 4 unspecified atom stereocenters. The highest BCUT2D eigenvalue weighted by Gasteiger charge is 2.31. The topological polar surface area (TPSA) is 301 Å². The smallest absolute Gasteiger partial charge is 0.326 e. The van der Waals surface area contributed by atoms with Gasteiger partial charge in [0.15, 0.2) is 5.96 Å². The molecule has 210 valence electrons. The Morgan fingerprint density at radius 2 is 1.30 bits per heavy atom. The predicted molar refractivity (Wildman–Crippen MR) is 133 cm³/mol. The van der Waals surface area contributed by atoms with E-state index in [2.05, 4.69) is 20.9 Å². The van der Waals surface area contributed by atoms with E-state index in [1.54, 1.807) is 13.8 Å². The molecule has 0 aromatic rings. The summed E-state index contributed by atoms with van der Waals surface area (Å²) in [5.41, 5.74) is 26.5. The second-order valence-corrected chi connectivity index (χ2v) is 8.76. The molecule has 37 heavy (non-hydrogen) atoms. The highest BCUT2D eigenvalue weighted by molar-refractivity contribution is 5.94. The van der Waals surface area contributed by atoms with Gasteiger partial charge in [0.05, 0.1) is 6.04 Å². The molecule has 0 heterocycles. The Morgan fingerprint density at radius 3 is 1.78 bits per heavy atom. The third-order valence-electron chi connectivity index (χ3n) is 5.16. The zero-order valence-electron chi connectivity index (χ0n) is 21.1. The van der Waals surface area contributed by atoms with E-state index in [-0.39, 0.29) is 51.0 Å². The number of guanidine groups is 1. The predicted octanol–water partition coefficient (Wildman–Crippen LogP) is -3.91. The number of carbonyl (C=O) groups excluding carboxylic acids is 5. The molecule has 0 bridgehead atoms. The molecule has 4 atom stereocenters. The van der Waals surface area contributed by atoms with Crippen LogP contribution in [0.3, 0.4) is 0 Å². The largest absolute Gasteiger partial charge is 0.480 e. The van der Waals surface area contributed by atoms with E-state index >= 15 is 0 Å². The fourth-order valence-corrected chi connectivity index (χ4v) is 3.07. The van der Waals surface area contributed by atoms with E-state index in [9.17, 15) is 33.9 Å². The number of nitrogens with zero attached hydrogens (tertiary/aromatic N) is 1. The molecule has 0 saturated carbocycles. The fourth-order valence-electron chi connectivity index (χ4n) is 3.07. The lowest BCUT2D eigenvalue weighted by Crippen LogP contribution is -2.58. The minimum atomic E-state index is -1.43. The van der Waals surface area contributed by atoms with Crippen LogP contribution in [0.1, 0.15) is 52.4 Å². The number of nitrogens with one attached hydrogen (secondary N) is 3. The second-order valence-electron chi connectivity index (χ2n) is 8.76. The zero-order valence-corrected chi connectivity index (χ0v) is 21.1. The van der Waals surface area contributed by atoms with Gasteiger partial charge in [0.2, 0.25) is 29.5 Å². The van der Waals surface area contributed by atoms with Crippen LogP contribution in [0.2, 0.25) is 0 Å². The number of hydrogen-bond donors (Lipinski definition) is 9. The number of nitrogens with two attached hydrogens (primary N) is 5. The van der Waals surface area contributed by atoms with Crippen LogP contribution in [0, 0.1) is 5.92 Å². The molecule has 0 radical (unpaired) electrons. The monoisotopic (exact) mass is 529 g/mol. The summed E-state index contributed by atoms with van der Waals surface area (Å²) in [5.74, 6) is -5.62. The van der Waals surface area contributed by atoms with Gasteiger partial charge < -0.3 is 49.7 Å². The van der Waals surface area contributed by atoms with Gasteiger partial charge in [-0.05, 0) is 31.6 Å². The minimum absolute atomic E-state index is 0.0212. The highest BCUT2D eigenvalue weighted by Crippen LogP contribution is 2.08. The molecule has 0 aromatic carbocycles. The van der Waals surface area contributed by atoms with Crippen molar-refractivity contribution in [2.24, 2.45) is 39.6 Å². The van der Waals surface area contributed by atoms with Crippen molar-refractivity contribution in [1.82, 2.24) is 16.0 Å². The fraction of sp³-hybridized carbons (Fsp3) is 0.667. The Balaban J connectivity index is 5.57. The molecule has 14 N–H and O–H groups in total. The maximum atomic E-state index is 13.0. The van der Waals surface area contributed by atoms with Crippen LogP contribution in [0.15, 0.2) is 4.99 Å². The summed E-state index contributed by atoms with van der Waals surface area (Å²) in [7, 11) is 0. The van der Waals surface area contributed by atoms with Crippen molar-refractivity contribution in [2.45, 2.75) is 76.5 Å². The van der Waals surface area contributed by atoms with E-state index in [1.807, 2.05) is 0 Å². The molecule has 0 rings (SSSR count). The van der Waals surface area contributed by atoms with Gasteiger partial charge in [-0.1, -0.05) is 13.8 Å². The summed E-state index contributed by atoms with van der Waals surface area (Å²) in [5, 5.41) is 16.7.